The lowest BCUT2D eigenvalue weighted by molar-refractivity contribution is 0.0132. The van der Waals surface area contributed by atoms with E-state index in [0.29, 0.717) is 5.58 Å². The van der Waals surface area contributed by atoms with Crippen LogP contribution in [-0.4, -0.2) is 17.6 Å². The van der Waals surface area contributed by atoms with Crippen LogP contribution in [0.15, 0.2) is 65.1 Å². The fourth-order valence-electron chi connectivity index (χ4n) is 3.17. The van der Waals surface area contributed by atoms with Crippen molar-refractivity contribution in [3.05, 3.63) is 72.0 Å². The summed E-state index contributed by atoms with van der Waals surface area (Å²) in [7, 11) is 0. The molecule has 4 rings (SSSR count). The maximum Gasteiger partial charge on any atom is 0.287 e. The van der Waals surface area contributed by atoms with E-state index in [9.17, 15) is 9.90 Å². The lowest BCUT2D eigenvalue weighted by Gasteiger charge is -2.29. The highest BCUT2D eigenvalue weighted by Gasteiger charge is 2.45. The van der Waals surface area contributed by atoms with E-state index in [-0.39, 0.29) is 24.1 Å². The number of amides is 1. The second kappa shape index (κ2) is 5.80. The highest BCUT2D eigenvalue weighted by molar-refractivity contribution is 5.96. The number of furan rings is 1. The van der Waals surface area contributed by atoms with Crippen molar-refractivity contribution in [2.45, 2.75) is 18.4 Å². The standard InChI is InChI=1S/C20H19NO3/c22-19(18-12-14-6-4-5-9-17(14)24-18)21-13-20(23,16-10-11-16)15-7-2-1-3-8-15/h1-9,12,16,23H,10-11,13H2,(H,21,22)/t20-/m0/s1. The Morgan fingerprint density at radius 1 is 1.12 bits per heavy atom. The van der Waals surface area contributed by atoms with Gasteiger partial charge in [0, 0.05) is 5.39 Å². The van der Waals surface area contributed by atoms with E-state index < -0.39 is 5.60 Å². The molecule has 1 aliphatic carbocycles. The molecule has 1 fully saturated rings. The molecule has 0 radical (unpaired) electrons. The van der Waals surface area contributed by atoms with Crippen LogP contribution in [0.1, 0.15) is 29.0 Å². The zero-order valence-electron chi connectivity index (χ0n) is 13.2. The number of hydrogen-bond acceptors (Lipinski definition) is 3. The molecular weight excluding hydrogens is 302 g/mol. The summed E-state index contributed by atoms with van der Waals surface area (Å²) in [5, 5.41) is 14.8. The van der Waals surface area contributed by atoms with Crippen LogP contribution in [0.2, 0.25) is 0 Å². The lowest BCUT2D eigenvalue weighted by atomic mass is 9.88. The molecule has 1 amide bonds. The van der Waals surface area contributed by atoms with E-state index in [1.807, 2.05) is 54.6 Å². The van der Waals surface area contributed by atoms with Gasteiger partial charge in [0.25, 0.3) is 5.91 Å². The Morgan fingerprint density at radius 2 is 1.83 bits per heavy atom. The average molecular weight is 321 g/mol. The second-order valence-corrected chi connectivity index (χ2v) is 6.40. The smallest absolute Gasteiger partial charge is 0.287 e. The van der Waals surface area contributed by atoms with E-state index in [2.05, 4.69) is 5.32 Å². The Hall–Kier alpha value is -2.59. The molecular formula is C20H19NO3. The van der Waals surface area contributed by atoms with Crippen molar-refractivity contribution < 1.29 is 14.3 Å². The molecule has 0 aliphatic heterocycles. The van der Waals surface area contributed by atoms with Crippen molar-refractivity contribution in [3.63, 3.8) is 0 Å². The Bertz CT molecular complexity index is 834. The van der Waals surface area contributed by atoms with Crippen molar-refractivity contribution in [1.82, 2.24) is 5.32 Å². The first kappa shape index (κ1) is 15.0. The van der Waals surface area contributed by atoms with Gasteiger partial charge in [-0.3, -0.25) is 4.79 Å². The first-order valence-electron chi connectivity index (χ1n) is 8.21. The molecule has 1 aromatic heterocycles. The number of benzene rings is 2. The quantitative estimate of drug-likeness (QED) is 0.756. The molecule has 4 nitrogen and oxygen atoms in total. The van der Waals surface area contributed by atoms with Crippen LogP contribution >= 0.6 is 0 Å². The third-order valence-electron chi connectivity index (χ3n) is 4.69. The molecule has 1 saturated carbocycles. The van der Waals surface area contributed by atoms with Gasteiger partial charge in [-0.05, 0) is 36.5 Å². The van der Waals surface area contributed by atoms with Crippen molar-refractivity contribution in [2.24, 2.45) is 5.92 Å². The Morgan fingerprint density at radius 3 is 2.54 bits per heavy atom. The van der Waals surface area contributed by atoms with Crippen molar-refractivity contribution in [2.75, 3.05) is 6.54 Å². The molecule has 0 saturated heterocycles. The number of para-hydroxylation sites is 1. The molecule has 2 aromatic carbocycles. The van der Waals surface area contributed by atoms with E-state index >= 15 is 0 Å². The zero-order chi connectivity index (χ0) is 16.6. The summed E-state index contributed by atoms with van der Waals surface area (Å²) in [6.45, 7) is 0.178. The highest BCUT2D eigenvalue weighted by Crippen LogP contribution is 2.45. The van der Waals surface area contributed by atoms with Gasteiger partial charge in [-0.15, -0.1) is 0 Å². The van der Waals surface area contributed by atoms with Gasteiger partial charge in [0.05, 0.1) is 6.54 Å². The highest BCUT2D eigenvalue weighted by atomic mass is 16.3. The van der Waals surface area contributed by atoms with Crippen molar-refractivity contribution >= 4 is 16.9 Å². The van der Waals surface area contributed by atoms with Gasteiger partial charge in [0.2, 0.25) is 0 Å². The monoisotopic (exact) mass is 321 g/mol. The number of carbonyl (C=O) groups is 1. The molecule has 3 aromatic rings. The van der Waals surface area contributed by atoms with Crippen LogP contribution in [0.25, 0.3) is 11.0 Å². The minimum absolute atomic E-state index is 0.178. The second-order valence-electron chi connectivity index (χ2n) is 6.40. The van der Waals surface area contributed by atoms with E-state index in [1.54, 1.807) is 6.07 Å². The normalized spacial score (nSPS) is 16.7. The lowest BCUT2D eigenvalue weighted by Crippen LogP contribution is -2.42. The predicted octanol–water partition coefficient (Wildman–Crippen LogP) is 3.46. The van der Waals surface area contributed by atoms with Crippen LogP contribution in [0.3, 0.4) is 0 Å². The molecule has 2 N–H and O–H groups in total. The molecule has 0 bridgehead atoms. The Labute approximate surface area is 140 Å². The van der Waals surface area contributed by atoms with E-state index in [0.717, 1.165) is 23.8 Å². The number of aliphatic hydroxyl groups is 1. The van der Waals surface area contributed by atoms with Gasteiger partial charge in [0.15, 0.2) is 5.76 Å². The summed E-state index contributed by atoms with van der Waals surface area (Å²) in [4.78, 5) is 12.4. The first-order chi connectivity index (χ1) is 11.7. The summed E-state index contributed by atoms with van der Waals surface area (Å²) in [6.07, 6.45) is 1.96. The van der Waals surface area contributed by atoms with Crippen LogP contribution in [0.4, 0.5) is 0 Å². The van der Waals surface area contributed by atoms with Crippen LogP contribution in [0, 0.1) is 5.92 Å². The van der Waals surface area contributed by atoms with Gasteiger partial charge in [0.1, 0.15) is 11.2 Å². The summed E-state index contributed by atoms with van der Waals surface area (Å²) < 4.78 is 5.58. The number of rotatable bonds is 5. The van der Waals surface area contributed by atoms with Gasteiger partial charge in [-0.25, -0.2) is 0 Å². The first-order valence-corrected chi connectivity index (χ1v) is 8.21. The maximum absolute atomic E-state index is 12.4. The zero-order valence-corrected chi connectivity index (χ0v) is 13.2. The van der Waals surface area contributed by atoms with Gasteiger partial charge in [-0.1, -0.05) is 48.5 Å². The van der Waals surface area contributed by atoms with Gasteiger partial charge >= 0.3 is 0 Å². The number of hydrogen-bond donors (Lipinski definition) is 2. The summed E-state index contributed by atoms with van der Waals surface area (Å²) in [5.74, 6) is 0.152. The SMILES string of the molecule is O=C(NC[C@](O)(c1ccccc1)C1CC1)c1cc2ccccc2o1. The molecule has 24 heavy (non-hydrogen) atoms. The molecule has 122 valence electrons. The topological polar surface area (TPSA) is 62.5 Å². The van der Waals surface area contributed by atoms with Crippen LogP contribution in [-0.2, 0) is 5.60 Å². The number of fused-ring (bicyclic) bond motifs is 1. The summed E-state index contributed by atoms with van der Waals surface area (Å²) in [6, 6.07) is 18.8. The minimum atomic E-state index is -1.02. The number of carbonyl (C=O) groups excluding carboxylic acids is 1. The maximum atomic E-state index is 12.4. The van der Waals surface area contributed by atoms with Crippen molar-refractivity contribution in [1.29, 1.82) is 0 Å². The molecule has 0 unspecified atom stereocenters. The molecule has 1 aliphatic rings. The molecule has 4 heteroatoms. The van der Waals surface area contributed by atoms with Crippen molar-refractivity contribution in [3.8, 4) is 0 Å². The number of nitrogens with one attached hydrogen (secondary N) is 1. The van der Waals surface area contributed by atoms with Crippen LogP contribution in [0.5, 0.6) is 0 Å². The van der Waals surface area contributed by atoms with Gasteiger partial charge < -0.3 is 14.8 Å². The molecule has 0 spiro atoms. The van der Waals surface area contributed by atoms with Crippen LogP contribution < -0.4 is 5.32 Å². The van der Waals surface area contributed by atoms with E-state index in [1.165, 1.54) is 0 Å². The fraction of sp³-hybridized carbons (Fsp3) is 0.250. The van der Waals surface area contributed by atoms with E-state index in [4.69, 9.17) is 4.42 Å². The largest absolute Gasteiger partial charge is 0.451 e. The third-order valence-corrected chi connectivity index (χ3v) is 4.69. The Kier molecular flexibility index (Phi) is 3.62. The summed E-state index contributed by atoms with van der Waals surface area (Å²) in [5.41, 5.74) is 0.503. The minimum Gasteiger partial charge on any atom is -0.451 e. The average Bonchev–Trinajstić information content (AvgIpc) is 3.39. The predicted molar refractivity (Wildman–Crippen MR) is 91.6 cm³/mol. The Balaban J connectivity index is 1.53. The van der Waals surface area contributed by atoms with Gasteiger partial charge in [-0.2, -0.15) is 0 Å². The molecule has 1 atom stereocenters. The third kappa shape index (κ3) is 2.69. The molecule has 1 heterocycles. The summed E-state index contributed by atoms with van der Waals surface area (Å²) >= 11 is 0. The fourth-order valence-corrected chi connectivity index (χ4v) is 3.17.